The molecule has 1 aliphatic rings. The van der Waals surface area contributed by atoms with Crippen LogP contribution in [0.5, 0.6) is 0 Å². The largest absolute Gasteiger partial charge is 0.423 e. The summed E-state index contributed by atoms with van der Waals surface area (Å²) in [6, 6.07) is 8.32. The van der Waals surface area contributed by atoms with E-state index in [1.807, 2.05) is 4.90 Å². The molecule has 0 saturated carbocycles. The summed E-state index contributed by atoms with van der Waals surface area (Å²) in [6.07, 6.45) is 4.80. The van der Waals surface area contributed by atoms with Crippen LogP contribution in [0.4, 0.5) is 10.4 Å². The SMILES string of the molecule is O=C(NC1CCN(c2nc3ccc(F)cc3o2)CC1)c1ccncc1. The van der Waals surface area contributed by atoms with Crippen molar-refractivity contribution in [3.05, 3.63) is 54.1 Å². The van der Waals surface area contributed by atoms with Gasteiger partial charge in [0.2, 0.25) is 0 Å². The third kappa shape index (κ3) is 3.31. The predicted molar refractivity (Wildman–Crippen MR) is 90.9 cm³/mol. The van der Waals surface area contributed by atoms with Crippen molar-refractivity contribution in [3.8, 4) is 0 Å². The van der Waals surface area contributed by atoms with Gasteiger partial charge in [0.1, 0.15) is 11.3 Å². The molecular weight excluding hydrogens is 323 g/mol. The first-order chi connectivity index (χ1) is 12.2. The molecule has 25 heavy (non-hydrogen) atoms. The molecule has 3 aromatic rings. The van der Waals surface area contributed by atoms with Gasteiger partial charge in [-0.25, -0.2) is 4.39 Å². The highest BCUT2D eigenvalue weighted by molar-refractivity contribution is 5.94. The van der Waals surface area contributed by atoms with Crippen LogP contribution in [0.1, 0.15) is 23.2 Å². The molecule has 0 spiro atoms. The molecule has 7 heteroatoms. The fraction of sp³-hybridized carbons (Fsp3) is 0.278. The molecule has 1 fully saturated rings. The summed E-state index contributed by atoms with van der Waals surface area (Å²) >= 11 is 0. The summed E-state index contributed by atoms with van der Waals surface area (Å²) in [6.45, 7) is 1.44. The first kappa shape index (κ1) is 15.6. The van der Waals surface area contributed by atoms with Crippen molar-refractivity contribution in [2.75, 3.05) is 18.0 Å². The molecule has 1 aliphatic heterocycles. The molecule has 1 saturated heterocycles. The van der Waals surface area contributed by atoms with E-state index < -0.39 is 0 Å². The minimum absolute atomic E-state index is 0.0850. The average molecular weight is 340 g/mol. The van der Waals surface area contributed by atoms with Crippen LogP contribution in [0.2, 0.25) is 0 Å². The van der Waals surface area contributed by atoms with Crippen LogP contribution >= 0.6 is 0 Å². The van der Waals surface area contributed by atoms with E-state index in [9.17, 15) is 9.18 Å². The van der Waals surface area contributed by atoms with Crippen LogP contribution in [0.3, 0.4) is 0 Å². The minimum atomic E-state index is -0.340. The average Bonchev–Trinajstić information content (AvgIpc) is 3.06. The monoisotopic (exact) mass is 340 g/mol. The Labute approximate surface area is 143 Å². The highest BCUT2D eigenvalue weighted by Crippen LogP contribution is 2.25. The van der Waals surface area contributed by atoms with Crippen molar-refractivity contribution in [3.63, 3.8) is 0 Å². The van der Waals surface area contributed by atoms with Crippen molar-refractivity contribution < 1.29 is 13.6 Å². The molecule has 0 atom stereocenters. The van der Waals surface area contributed by atoms with E-state index in [1.165, 1.54) is 12.1 Å². The maximum atomic E-state index is 13.3. The Kier molecular flexibility index (Phi) is 4.05. The number of amides is 1. The van der Waals surface area contributed by atoms with Gasteiger partial charge in [0, 0.05) is 43.2 Å². The standard InChI is InChI=1S/C18H17FN4O2/c19-13-1-2-15-16(11-13)25-18(22-15)23-9-5-14(6-10-23)21-17(24)12-3-7-20-8-4-12/h1-4,7-8,11,14H,5-6,9-10H2,(H,21,24). The quantitative estimate of drug-likeness (QED) is 0.794. The lowest BCUT2D eigenvalue weighted by Gasteiger charge is -2.31. The lowest BCUT2D eigenvalue weighted by atomic mass is 10.0. The summed E-state index contributed by atoms with van der Waals surface area (Å²) in [7, 11) is 0. The van der Waals surface area contributed by atoms with E-state index >= 15 is 0 Å². The van der Waals surface area contributed by atoms with E-state index in [1.54, 1.807) is 30.6 Å². The normalized spacial score (nSPS) is 15.5. The van der Waals surface area contributed by atoms with Gasteiger partial charge in [-0.2, -0.15) is 4.98 Å². The van der Waals surface area contributed by atoms with Crippen molar-refractivity contribution in [1.82, 2.24) is 15.3 Å². The summed E-state index contributed by atoms with van der Waals surface area (Å²) in [4.78, 5) is 22.5. The predicted octanol–water partition coefficient (Wildman–Crippen LogP) is 2.76. The molecule has 0 radical (unpaired) electrons. The highest BCUT2D eigenvalue weighted by Gasteiger charge is 2.24. The Bertz CT molecular complexity index is 888. The van der Waals surface area contributed by atoms with Crippen LogP contribution in [0, 0.1) is 5.82 Å². The Morgan fingerprint density at radius 1 is 1.20 bits per heavy atom. The number of pyridine rings is 1. The Morgan fingerprint density at radius 2 is 1.96 bits per heavy atom. The zero-order chi connectivity index (χ0) is 17.2. The first-order valence-electron chi connectivity index (χ1n) is 8.21. The number of hydrogen-bond donors (Lipinski definition) is 1. The zero-order valence-electron chi connectivity index (χ0n) is 13.5. The number of fused-ring (bicyclic) bond motifs is 1. The van der Waals surface area contributed by atoms with Gasteiger partial charge in [-0.3, -0.25) is 9.78 Å². The third-order valence-electron chi connectivity index (χ3n) is 4.38. The topological polar surface area (TPSA) is 71.3 Å². The van der Waals surface area contributed by atoms with Crippen LogP contribution in [0.15, 0.2) is 47.1 Å². The summed E-state index contributed by atoms with van der Waals surface area (Å²) in [5.74, 6) is -0.425. The highest BCUT2D eigenvalue weighted by atomic mass is 19.1. The van der Waals surface area contributed by atoms with Crippen LogP contribution < -0.4 is 10.2 Å². The van der Waals surface area contributed by atoms with Crippen molar-refractivity contribution in [1.29, 1.82) is 0 Å². The number of hydrogen-bond acceptors (Lipinski definition) is 5. The van der Waals surface area contributed by atoms with Gasteiger partial charge in [0.25, 0.3) is 11.9 Å². The van der Waals surface area contributed by atoms with E-state index in [4.69, 9.17) is 4.42 Å². The molecular formula is C18H17FN4O2. The molecule has 6 nitrogen and oxygen atoms in total. The van der Waals surface area contributed by atoms with Crippen molar-refractivity contribution in [2.24, 2.45) is 0 Å². The van der Waals surface area contributed by atoms with Gasteiger partial charge in [0.15, 0.2) is 5.58 Å². The second-order valence-electron chi connectivity index (χ2n) is 6.08. The van der Waals surface area contributed by atoms with Gasteiger partial charge in [0.05, 0.1) is 0 Å². The third-order valence-corrected chi connectivity index (χ3v) is 4.38. The number of rotatable bonds is 3. The van der Waals surface area contributed by atoms with E-state index in [0.29, 0.717) is 22.7 Å². The number of nitrogens with zero attached hydrogens (tertiary/aromatic N) is 3. The van der Waals surface area contributed by atoms with Gasteiger partial charge in [-0.05, 0) is 37.1 Å². The van der Waals surface area contributed by atoms with E-state index in [2.05, 4.69) is 15.3 Å². The van der Waals surface area contributed by atoms with Gasteiger partial charge < -0.3 is 14.6 Å². The van der Waals surface area contributed by atoms with Gasteiger partial charge in [-0.1, -0.05) is 0 Å². The number of carbonyl (C=O) groups is 1. The molecule has 128 valence electrons. The number of piperidine rings is 1. The second kappa shape index (κ2) is 6.51. The molecule has 4 rings (SSSR count). The summed E-state index contributed by atoms with van der Waals surface area (Å²) < 4.78 is 18.9. The molecule has 3 heterocycles. The van der Waals surface area contributed by atoms with Gasteiger partial charge in [-0.15, -0.1) is 0 Å². The number of oxazole rings is 1. The Hall–Kier alpha value is -2.96. The molecule has 1 aromatic carbocycles. The molecule has 1 amide bonds. The molecule has 0 unspecified atom stereocenters. The van der Waals surface area contributed by atoms with E-state index in [-0.39, 0.29) is 17.8 Å². The van der Waals surface area contributed by atoms with Crippen LogP contribution in [-0.4, -0.2) is 35.0 Å². The molecule has 0 bridgehead atoms. The minimum Gasteiger partial charge on any atom is -0.423 e. The number of halogens is 1. The second-order valence-corrected chi connectivity index (χ2v) is 6.08. The zero-order valence-corrected chi connectivity index (χ0v) is 13.5. The molecule has 1 N–H and O–H groups in total. The number of anilines is 1. The lowest BCUT2D eigenvalue weighted by molar-refractivity contribution is 0.0931. The maximum absolute atomic E-state index is 13.3. The molecule has 2 aromatic heterocycles. The number of benzene rings is 1. The van der Waals surface area contributed by atoms with Crippen LogP contribution in [-0.2, 0) is 0 Å². The van der Waals surface area contributed by atoms with E-state index in [0.717, 1.165) is 25.9 Å². The lowest BCUT2D eigenvalue weighted by Crippen LogP contribution is -2.44. The summed E-state index contributed by atoms with van der Waals surface area (Å²) in [5, 5.41) is 3.05. The Morgan fingerprint density at radius 3 is 2.72 bits per heavy atom. The smallest absolute Gasteiger partial charge is 0.298 e. The van der Waals surface area contributed by atoms with Crippen LogP contribution in [0.25, 0.3) is 11.1 Å². The fourth-order valence-electron chi connectivity index (χ4n) is 3.01. The summed E-state index contributed by atoms with van der Waals surface area (Å²) in [5.41, 5.74) is 1.70. The molecule has 0 aliphatic carbocycles. The Balaban J connectivity index is 1.38. The van der Waals surface area contributed by atoms with Gasteiger partial charge >= 0.3 is 0 Å². The first-order valence-corrected chi connectivity index (χ1v) is 8.21. The number of nitrogens with one attached hydrogen (secondary N) is 1. The fourth-order valence-corrected chi connectivity index (χ4v) is 3.01. The maximum Gasteiger partial charge on any atom is 0.298 e. The van der Waals surface area contributed by atoms with Crippen molar-refractivity contribution >= 4 is 23.0 Å². The number of carbonyl (C=O) groups excluding carboxylic acids is 1. The number of aromatic nitrogens is 2. The van der Waals surface area contributed by atoms with Crippen molar-refractivity contribution in [2.45, 2.75) is 18.9 Å².